The fourth-order valence-electron chi connectivity index (χ4n) is 1.29. The van der Waals surface area contributed by atoms with E-state index in [1.54, 1.807) is 10.9 Å². The summed E-state index contributed by atoms with van der Waals surface area (Å²) in [7, 11) is 0. The lowest BCUT2D eigenvalue weighted by atomic mass is 10.3. The lowest BCUT2D eigenvalue weighted by Crippen LogP contribution is -1.92. The number of hydrogen-bond acceptors (Lipinski definition) is 1. The third-order valence-electron chi connectivity index (χ3n) is 2.06. The predicted octanol–water partition coefficient (Wildman–Crippen LogP) is 3.02. The lowest BCUT2D eigenvalue weighted by molar-refractivity contribution is 0.760. The first kappa shape index (κ1) is 9.65. The molecular formula is C12H10FN2. The molecule has 0 amide bonds. The van der Waals surface area contributed by atoms with E-state index in [4.69, 9.17) is 0 Å². The first-order chi connectivity index (χ1) is 7.31. The topological polar surface area (TPSA) is 17.8 Å². The minimum Gasteiger partial charge on any atom is -0.240 e. The Morgan fingerprint density at radius 3 is 2.73 bits per heavy atom. The van der Waals surface area contributed by atoms with Crippen LogP contribution in [0.4, 0.5) is 4.39 Å². The SMILES string of the molecule is [CH2]/C=C(/F)c1cnn(-c2ccccc2)c1. The molecule has 0 unspecified atom stereocenters. The molecule has 0 aliphatic rings. The second-order valence-corrected chi connectivity index (χ2v) is 3.06. The van der Waals surface area contributed by atoms with Gasteiger partial charge < -0.3 is 0 Å². The Morgan fingerprint density at radius 1 is 1.33 bits per heavy atom. The Morgan fingerprint density at radius 2 is 2.07 bits per heavy atom. The van der Waals surface area contributed by atoms with Crippen LogP contribution < -0.4 is 0 Å². The molecule has 1 aromatic carbocycles. The van der Waals surface area contributed by atoms with Crippen molar-refractivity contribution in [1.29, 1.82) is 0 Å². The van der Waals surface area contributed by atoms with E-state index in [0.29, 0.717) is 5.56 Å². The number of allylic oxidation sites excluding steroid dienone is 1. The molecule has 75 valence electrons. The third kappa shape index (κ3) is 1.96. The van der Waals surface area contributed by atoms with Crippen LogP contribution in [-0.4, -0.2) is 9.78 Å². The van der Waals surface area contributed by atoms with Gasteiger partial charge in [-0.15, -0.1) is 0 Å². The number of para-hydroxylation sites is 1. The van der Waals surface area contributed by atoms with Crippen LogP contribution in [0.2, 0.25) is 0 Å². The monoisotopic (exact) mass is 201 g/mol. The molecule has 0 spiro atoms. The second kappa shape index (κ2) is 4.09. The Bertz CT molecular complexity index is 471. The second-order valence-electron chi connectivity index (χ2n) is 3.06. The highest BCUT2D eigenvalue weighted by Gasteiger charge is 2.03. The van der Waals surface area contributed by atoms with Crippen molar-refractivity contribution < 1.29 is 4.39 Å². The van der Waals surface area contributed by atoms with E-state index < -0.39 is 0 Å². The summed E-state index contributed by atoms with van der Waals surface area (Å²) in [4.78, 5) is 0. The van der Waals surface area contributed by atoms with Gasteiger partial charge in [-0.3, -0.25) is 0 Å². The van der Waals surface area contributed by atoms with Crippen LogP contribution in [-0.2, 0) is 0 Å². The molecule has 0 bridgehead atoms. The summed E-state index contributed by atoms with van der Waals surface area (Å²) >= 11 is 0. The Labute approximate surface area is 87.7 Å². The maximum Gasteiger partial charge on any atom is 0.129 e. The maximum atomic E-state index is 13.1. The molecule has 0 N–H and O–H groups in total. The predicted molar refractivity (Wildman–Crippen MR) is 58.0 cm³/mol. The van der Waals surface area contributed by atoms with Crippen LogP contribution in [0.1, 0.15) is 5.56 Å². The van der Waals surface area contributed by atoms with Gasteiger partial charge in [0.1, 0.15) is 5.83 Å². The number of benzene rings is 1. The lowest BCUT2D eigenvalue weighted by Gasteiger charge is -1.98. The summed E-state index contributed by atoms with van der Waals surface area (Å²) < 4.78 is 14.8. The van der Waals surface area contributed by atoms with E-state index in [1.165, 1.54) is 12.3 Å². The van der Waals surface area contributed by atoms with Crippen molar-refractivity contribution in [3.63, 3.8) is 0 Å². The van der Waals surface area contributed by atoms with Gasteiger partial charge in [0.15, 0.2) is 0 Å². The Kier molecular flexibility index (Phi) is 2.63. The normalized spacial score (nSPS) is 11.7. The molecule has 0 aliphatic heterocycles. The highest BCUT2D eigenvalue weighted by atomic mass is 19.1. The standard InChI is InChI=1S/C12H10FN2/c1-2-12(13)10-8-14-15(9-10)11-6-4-3-5-7-11/h2-9H,1H2/b12-2+. The van der Waals surface area contributed by atoms with Crippen LogP contribution in [0.15, 0.2) is 48.8 Å². The van der Waals surface area contributed by atoms with E-state index in [0.717, 1.165) is 5.69 Å². The van der Waals surface area contributed by atoms with Crippen LogP contribution >= 0.6 is 0 Å². The molecule has 2 nitrogen and oxygen atoms in total. The average Bonchev–Trinajstić information content (AvgIpc) is 2.78. The molecule has 2 aromatic rings. The number of aromatic nitrogens is 2. The quantitative estimate of drug-likeness (QED) is 0.730. The van der Waals surface area contributed by atoms with Crippen molar-refractivity contribution >= 4 is 5.83 Å². The van der Waals surface area contributed by atoms with Gasteiger partial charge in [0, 0.05) is 11.8 Å². The van der Waals surface area contributed by atoms with Crippen LogP contribution in [0.3, 0.4) is 0 Å². The largest absolute Gasteiger partial charge is 0.240 e. The van der Waals surface area contributed by atoms with Gasteiger partial charge in [0.2, 0.25) is 0 Å². The third-order valence-corrected chi connectivity index (χ3v) is 2.06. The first-order valence-corrected chi connectivity index (χ1v) is 4.56. The fourth-order valence-corrected chi connectivity index (χ4v) is 1.29. The van der Waals surface area contributed by atoms with Gasteiger partial charge >= 0.3 is 0 Å². The van der Waals surface area contributed by atoms with Crippen molar-refractivity contribution in [3.05, 3.63) is 61.3 Å². The molecule has 15 heavy (non-hydrogen) atoms. The number of halogens is 1. The van der Waals surface area contributed by atoms with Gasteiger partial charge in [-0.2, -0.15) is 5.10 Å². The van der Waals surface area contributed by atoms with Gasteiger partial charge in [0.25, 0.3) is 0 Å². The summed E-state index contributed by atoms with van der Waals surface area (Å²) in [6.45, 7) is 3.37. The summed E-state index contributed by atoms with van der Waals surface area (Å²) in [6.07, 6.45) is 4.28. The molecule has 2 rings (SSSR count). The van der Waals surface area contributed by atoms with Crippen LogP contribution in [0.25, 0.3) is 11.5 Å². The molecule has 0 aliphatic carbocycles. The van der Waals surface area contributed by atoms with Crippen LogP contribution in [0.5, 0.6) is 0 Å². The van der Waals surface area contributed by atoms with E-state index in [2.05, 4.69) is 12.0 Å². The zero-order valence-corrected chi connectivity index (χ0v) is 8.10. The number of rotatable bonds is 2. The average molecular weight is 201 g/mol. The van der Waals surface area contributed by atoms with E-state index >= 15 is 0 Å². The van der Waals surface area contributed by atoms with Gasteiger partial charge in [-0.25, -0.2) is 9.07 Å². The summed E-state index contributed by atoms with van der Waals surface area (Å²) in [5, 5.41) is 4.06. The fraction of sp³-hybridized carbons (Fsp3) is 0. The summed E-state index contributed by atoms with van der Waals surface area (Å²) in [5.74, 6) is -0.364. The number of nitrogens with zero attached hydrogens (tertiary/aromatic N) is 2. The molecule has 0 saturated carbocycles. The van der Waals surface area contributed by atoms with E-state index in [1.807, 2.05) is 30.3 Å². The van der Waals surface area contributed by atoms with Crippen LogP contribution in [0, 0.1) is 6.92 Å². The first-order valence-electron chi connectivity index (χ1n) is 4.56. The maximum absolute atomic E-state index is 13.1. The molecule has 0 fully saturated rings. The highest BCUT2D eigenvalue weighted by molar-refractivity contribution is 5.58. The van der Waals surface area contributed by atoms with Crippen molar-refractivity contribution in [3.8, 4) is 5.69 Å². The molecule has 3 heteroatoms. The minimum atomic E-state index is -0.364. The van der Waals surface area contributed by atoms with E-state index in [9.17, 15) is 4.39 Å². The van der Waals surface area contributed by atoms with Crippen molar-refractivity contribution in [2.24, 2.45) is 0 Å². The van der Waals surface area contributed by atoms with E-state index in [-0.39, 0.29) is 5.83 Å². The minimum absolute atomic E-state index is 0.364. The summed E-state index contributed by atoms with van der Waals surface area (Å²) in [6, 6.07) is 9.55. The Balaban J connectivity index is 2.36. The number of hydrogen-bond donors (Lipinski definition) is 0. The molecule has 0 atom stereocenters. The molecular weight excluding hydrogens is 191 g/mol. The summed E-state index contributed by atoms with van der Waals surface area (Å²) in [5.41, 5.74) is 1.34. The van der Waals surface area contributed by atoms with Crippen molar-refractivity contribution in [1.82, 2.24) is 9.78 Å². The molecule has 1 radical (unpaired) electrons. The molecule has 0 saturated heterocycles. The molecule has 1 heterocycles. The smallest absolute Gasteiger partial charge is 0.129 e. The van der Waals surface area contributed by atoms with Gasteiger partial charge in [-0.1, -0.05) is 18.2 Å². The zero-order valence-electron chi connectivity index (χ0n) is 8.10. The van der Waals surface area contributed by atoms with Crippen molar-refractivity contribution in [2.75, 3.05) is 0 Å². The van der Waals surface area contributed by atoms with Gasteiger partial charge in [-0.05, 0) is 25.1 Å². The van der Waals surface area contributed by atoms with Crippen molar-refractivity contribution in [2.45, 2.75) is 0 Å². The highest BCUT2D eigenvalue weighted by Crippen LogP contribution is 2.16. The zero-order chi connectivity index (χ0) is 10.7. The molecule has 1 aromatic heterocycles. The Hall–Kier alpha value is -1.90. The van der Waals surface area contributed by atoms with Gasteiger partial charge in [0.05, 0.1) is 11.9 Å².